The van der Waals surface area contributed by atoms with Crippen LogP contribution in [0.2, 0.25) is 5.02 Å². The van der Waals surface area contributed by atoms with Gasteiger partial charge in [-0.1, -0.05) is 23.7 Å². The lowest BCUT2D eigenvalue weighted by Crippen LogP contribution is -2.13. The Bertz CT molecular complexity index is 850. The molecule has 128 valence electrons. The molecule has 5 nitrogen and oxygen atoms in total. The second kappa shape index (κ2) is 7.44. The van der Waals surface area contributed by atoms with Gasteiger partial charge >= 0.3 is 0 Å². The van der Waals surface area contributed by atoms with Gasteiger partial charge in [-0.25, -0.2) is 9.37 Å². The van der Waals surface area contributed by atoms with E-state index >= 15 is 0 Å². The van der Waals surface area contributed by atoms with Crippen molar-refractivity contribution in [2.24, 2.45) is 0 Å². The molecule has 0 aliphatic heterocycles. The van der Waals surface area contributed by atoms with Crippen LogP contribution in [0.25, 0.3) is 11.4 Å². The number of para-hydroxylation sites is 1. The van der Waals surface area contributed by atoms with Crippen molar-refractivity contribution in [3.05, 3.63) is 59.5 Å². The maximum Gasteiger partial charge on any atom is 0.225 e. The van der Waals surface area contributed by atoms with Crippen LogP contribution in [0.4, 0.5) is 21.8 Å². The summed E-state index contributed by atoms with van der Waals surface area (Å²) in [5, 5.41) is 6.37. The van der Waals surface area contributed by atoms with Crippen molar-refractivity contribution < 1.29 is 4.39 Å². The topological polar surface area (TPSA) is 62.7 Å². The quantitative estimate of drug-likeness (QED) is 0.680. The van der Waals surface area contributed by atoms with Crippen LogP contribution in [0.15, 0.2) is 48.7 Å². The first kappa shape index (κ1) is 17.1. The summed E-state index contributed by atoms with van der Waals surface area (Å²) < 4.78 is 14.1. The molecule has 25 heavy (non-hydrogen) atoms. The van der Waals surface area contributed by atoms with Crippen molar-refractivity contribution in [2.45, 2.75) is 19.9 Å². The molecule has 3 rings (SSSR count). The summed E-state index contributed by atoms with van der Waals surface area (Å²) in [6.07, 6.45) is 1.69. The molecule has 3 aromatic rings. The second-order valence-corrected chi connectivity index (χ2v) is 6.10. The molecule has 0 saturated carbocycles. The number of hydrogen-bond acceptors (Lipinski definition) is 5. The third-order valence-electron chi connectivity index (χ3n) is 3.29. The third-order valence-corrected chi connectivity index (χ3v) is 3.60. The Labute approximate surface area is 150 Å². The van der Waals surface area contributed by atoms with Crippen molar-refractivity contribution in [3.63, 3.8) is 0 Å². The van der Waals surface area contributed by atoms with Crippen LogP contribution in [0, 0.1) is 5.82 Å². The van der Waals surface area contributed by atoms with Crippen molar-refractivity contribution >= 4 is 29.1 Å². The van der Waals surface area contributed by atoms with E-state index in [4.69, 9.17) is 11.6 Å². The molecule has 0 aliphatic carbocycles. The molecule has 2 heterocycles. The molecule has 0 spiro atoms. The highest BCUT2D eigenvalue weighted by molar-refractivity contribution is 6.33. The average molecular weight is 358 g/mol. The monoisotopic (exact) mass is 357 g/mol. The number of hydrogen-bond donors (Lipinski definition) is 2. The van der Waals surface area contributed by atoms with Gasteiger partial charge in [0.1, 0.15) is 11.6 Å². The van der Waals surface area contributed by atoms with E-state index in [9.17, 15) is 4.39 Å². The van der Waals surface area contributed by atoms with Crippen LogP contribution in [0.5, 0.6) is 0 Å². The number of anilines is 3. The number of aromatic nitrogens is 3. The zero-order valence-electron chi connectivity index (χ0n) is 13.8. The summed E-state index contributed by atoms with van der Waals surface area (Å²) in [5.74, 6) is 0.391. The van der Waals surface area contributed by atoms with E-state index in [0.29, 0.717) is 23.2 Å². The molecule has 0 amide bonds. The lowest BCUT2D eigenvalue weighted by Gasteiger charge is -2.13. The first-order valence-electron chi connectivity index (χ1n) is 7.81. The number of rotatable bonds is 5. The van der Waals surface area contributed by atoms with Gasteiger partial charge in [0.2, 0.25) is 5.95 Å². The SMILES string of the molecule is CC(C)Nc1nc(Nc2c(F)cccc2Cl)cc(-c2ccccn2)n1. The highest BCUT2D eigenvalue weighted by Gasteiger charge is 2.12. The fourth-order valence-electron chi connectivity index (χ4n) is 2.22. The number of benzene rings is 1. The Hall–Kier alpha value is -2.73. The van der Waals surface area contributed by atoms with Crippen LogP contribution in [0.1, 0.15) is 13.8 Å². The highest BCUT2D eigenvalue weighted by Crippen LogP contribution is 2.29. The Morgan fingerprint density at radius 2 is 1.88 bits per heavy atom. The first-order valence-corrected chi connectivity index (χ1v) is 8.19. The lowest BCUT2D eigenvalue weighted by atomic mass is 10.2. The van der Waals surface area contributed by atoms with Gasteiger partial charge in [0.05, 0.1) is 22.1 Å². The number of halogens is 2. The lowest BCUT2D eigenvalue weighted by molar-refractivity contribution is 0.632. The van der Waals surface area contributed by atoms with Crippen LogP contribution in [-0.2, 0) is 0 Å². The zero-order valence-corrected chi connectivity index (χ0v) is 14.5. The van der Waals surface area contributed by atoms with Gasteiger partial charge < -0.3 is 10.6 Å². The van der Waals surface area contributed by atoms with E-state index in [0.717, 1.165) is 0 Å². The minimum absolute atomic E-state index is 0.142. The standard InChI is InChI=1S/C18H17ClFN5/c1-11(2)22-18-23-15(14-8-3-4-9-21-14)10-16(25-18)24-17-12(19)6-5-7-13(17)20/h3-11H,1-2H3,(H2,22,23,24,25). The predicted molar refractivity (Wildman–Crippen MR) is 98.7 cm³/mol. The van der Waals surface area contributed by atoms with Gasteiger partial charge in [-0.2, -0.15) is 4.98 Å². The molecule has 0 fully saturated rings. The Balaban J connectivity index is 2.03. The molecule has 0 atom stereocenters. The molecule has 2 aromatic heterocycles. The summed E-state index contributed by atoms with van der Waals surface area (Å²) in [7, 11) is 0. The van der Waals surface area contributed by atoms with E-state index in [2.05, 4.69) is 25.6 Å². The Morgan fingerprint density at radius 1 is 1.04 bits per heavy atom. The van der Waals surface area contributed by atoms with Crippen molar-refractivity contribution in [2.75, 3.05) is 10.6 Å². The molecule has 0 radical (unpaired) electrons. The molecule has 2 N–H and O–H groups in total. The van der Waals surface area contributed by atoms with E-state index < -0.39 is 5.82 Å². The predicted octanol–water partition coefficient (Wildman–Crippen LogP) is 4.90. The van der Waals surface area contributed by atoms with Crippen LogP contribution in [0.3, 0.4) is 0 Å². The molecule has 0 bridgehead atoms. The molecule has 7 heteroatoms. The Kier molecular flexibility index (Phi) is 5.09. The van der Waals surface area contributed by atoms with Gasteiger partial charge in [0.25, 0.3) is 0 Å². The molecule has 0 aliphatic rings. The largest absolute Gasteiger partial charge is 0.352 e. The van der Waals surface area contributed by atoms with Gasteiger partial charge in [0, 0.05) is 18.3 Å². The van der Waals surface area contributed by atoms with Gasteiger partial charge in [-0.3, -0.25) is 4.98 Å². The van der Waals surface area contributed by atoms with Gasteiger partial charge in [-0.15, -0.1) is 0 Å². The van der Waals surface area contributed by atoms with Crippen LogP contribution >= 0.6 is 11.6 Å². The van der Waals surface area contributed by atoms with E-state index in [-0.39, 0.29) is 16.8 Å². The number of nitrogens with one attached hydrogen (secondary N) is 2. The molecular formula is C18H17ClFN5. The zero-order chi connectivity index (χ0) is 17.8. The smallest absolute Gasteiger partial charge is 0.225 e. The van der Waals surface area contributed by atoms with Crippen LogP contribution < -0.4 is 10.6 Å². The maximum atomic E-state index is 14.1. The summed E-state index contributed by atoms with van der Waals surface area (Å²) in [6.45, 7) is 3.97. The normalized spacial score (nSPS) is 10.8. The average Bonchev–Trinajstić information content (AvgIpc) is 2.58. The molecular weight excluding hydrogens is 341 g/mol. The van der Waals surface area contributed by atoms with Gasteiger partial charge in [0.15, 0.2) is 0 Å². The number of pyridine rings is 1. The van der Waals surface area contributed by atoms with E-state index in [1.54, 1.807) is 24.4 Å². The third kappa shape index (κ3) is 4.22. The first-order chi connectivity index (χ1) is 12.0. The fourth-order valence-corrected chi connectivity index (χ4v) is 2.44. The summed E-state index contributed by atoms with van der Waals surface area (Å²) >= 11 is 6.09. The van der Waals surface area contributed by atoms with Crippen LogP contribution in [-0.4, -0.2) is 21.0 Å². The highest BCUT2D eigenvalue weighted by atomic mass is 35.5. The fraction of sp³-hybridized carbons (Fsp3) is 0.167. The van der Waals surface area contributed by atoms with Crippen molar-refractivity contribution in [1.29, 1.82) is 0 Å². The van der Waals surface area contributed by atoms with E-state index in [1.165, 1.54) is 6.07 Å². The van der Waals surface area contributed by atoms with Crippen molar-refractivity contribution in [1.82, 2.24) is 15.0 Å². The molecule has 1 aromatic carbocycles. The van der Waals surface area contributed by atoms with Crippen molar-refractivity contribution in [3.8, 4) is 11.4 Å². The maximum absolute atomic E-state index is 14.1. The molecule has 0 unspecified atom stereocenters. The number of nitrogens with zero attached hydrogens (tertiary/aromatic N) is 3. The second-order valence-electron chi connectivity index (χ2n) is 5.70. The summed E-state index contributed by atoms with van der Waals surface area (Å²) in [5.41, 5.74) is 1.48. The summed E-state index contributed by atoms with van der Waals surface area (Å²) in [4.78, 5) is 13.2. The minimum Gasteiger partial charge on any atom is -0.352 e. The Morgan fingerprint density at radius 3 is 2.56 bits per heavy atom. The minimum atomic E-state index is -0.455. The van der Waals surface area contributed by atoms with E-state index in [1.807, 2.05) is 32.0 Å². The summed E-state index contributed by atoms with van der Waals surface area (Å²) in [6, 6.07) is 11.9. The molecule has 0 saturated heterocycles. The van der Waals surface area contributed by atoms with Gasteiger partial charge in [-0.05, 0) is 38.1 Å².